The Morgan fingerprint density at radius 1 is 1.17 bits per heavy atom. The number of anilines is 1. The Labute approximate surface area is 133 Å². The fraction of sp³-hybridized carbons (Fsp3) is 0.312. The minimum Gasteiger partial charge on any atom is -0.449 e. The van der Waals surface area contributed by atoms with Gasteiger partial charge in [-0.1, -0.05) is 0 Å². The molecule has 1 N–H and O–H groups in total. The first-order chi connectivity index (χ1) is 10.9. The fourth-order valence-electron chi connectivity index (χ4n) is 1.92. The molecule has 1 atom stereocenters. The van der Waals surface area contributed by atoms with Crippen LogP contribution >= 0.6 is 0 Å². The summed E-state index contributed by atoms with van der Waals surface area (Å²) in [5.41, 5.74) is 0.179. The number of nitrogens with zero attached hydrogens (tertiary/aromatic N) is 2. The summed E-state index contributed by atoms with van der Waals surface area (Å²) in [6.45, 7) is 5.33. The van der Waals surface area contributed by atoms with Gasteiger partial charge in [0.2, 0.25) is 0 Å². The zero-order chi connectivity index (χ0) is 17.0. The minimum absolute atomic E-state index is 0.0809. The van der Waals surface area contributed by atoms with Gasteiger partial charge >= 0.3 is 5.97 Å². The number of hydrogen-bond donors (Lipinski definition) is 1. The van der Waals surface area contributed by atoms with E-state index in [0.29, 0.717) is 5.82 Å². The second-order valence-corrected chi connectivity index (χ2v) is 5.30. The molecule has 6 nitrogen and oxygen atoms in total. The third-order valence-corrected chi connectivity index (χ3v) is 3.14. The van der Waals surface area contributed by atoms with E-state index < -0.39 is 23.8 Å². The quantitative estimate of drug-likeness (QED) is 0.860. The topological polar surface area (TPSA) is 73.2 Å². The average Bonchev–Trinajstić information content (AvgIpc) is 2.96. The van der Waals surface area contributed by atoms with Gasteiger partial charge in [-0.05, 0) is 45.0 Å². The fourth-order valence-corrected chi connectivity index (χ4v) is 1.92. The van der Waals surface area contributed by atoms with E-state index in [1.54, 1.807) is 16.9 Å². The van der Waals surface area contributed by atoms with E-state index in [4.69, 9.17) is 4.74 Å². The predicted octanol–water partition coefficient (Wildman–Crippen LogP) is 2.79. The Bertz CT molecular complexity index is 695. The molecular weight excluding hydrogens is 301 g/mol. The number of esters is 1. The lowest BCUT2D eigenvalue weighted by Crippen LogP contribution is -2.31. The van der Waals surface area contributed by atoms with Gasteiger partial charge in [0.05, 0.1) is 11.8 Å². The largest absolute Gasteiger partial charge is 0.449 e. The maximum Gasteiger partial charge on any atom is 0.338 e. The van der Waals surface area contributed by atoms with E-state index in [-0.39, 0.29) is 11.6 Å². The lowest BCUT2D eigenvalue weighted by atomic mass is 10.2. The lowest BCUT2D eigenvalue weighted by molar-refractivity contribution is -0.123. The summed E-state index contributed by atoms with van der Waals surface area (Å²) in [4.78, 5) is 24.0. The number of aromatic nitrogens is 2. The second-order valence-electron chi connectivity index (χ2n) is 5.30. The third kappa shape index (κ3) is 4.15. The monoisotopic (exact) mass is 319 g/mol. The number of nitrogens with one attached hydrogen (secondary N) is 1. The third-order valence-electron chi connectivity index (χ3n) is 3.14. The van der Waals surface area contributed by atoms with Gasteiger partial charge in [-0.25, -0.2) is 13.9 Å². The van der Waals surface area contributed by atoms with Crippen LogP contribution in [-0.4, -0.2) is 27.8 Å². The first-order valence-electron chi connectivity index (χ1n) is 7.19. The number of carbonyl (C=O) groups excluding carboxylic acids is 2. The molecule has 0 aliphatic rings. The van der Waals surface area contributed by atoms with Crippen LogP contribution in [0.1, 0.15) is 37.2 Å². The van der Waals surface area contributed by atoms with E-state index >= 15 is 0 Å². The number of benzene rings is 1. The van der Waals surface area contributed by atoms with Gasteiger partial charge in [0.1, 0.15) is 11.6 Å². The summed E-state index contributed by atoms with van der Waals surface area (Å²) in [6, 6.07) is 6.65. The van der Waals surface area contributed by atoms with Gasteiger partial charge in [0.25, 0.3) is 5.91 Å². The Kier molecular flexibility index (Phi) is 5.10. The van der Waals surface area contributed by atoms with E-state index in [0.717, 1.165) is 12.1 Å². The van der Waals surface area contributed by atoms with E-state index in [1.165, 1.54) is 19.1 Å². The van der Waals surface area contributed by atoms with Crippen molar-refractivity contribution in [2.24, 2.45) is 0 Å². The van der Waals surface area contributed by atoms with Crippen molar-refractivity contribution in [1.82, 2.24) is 9.78 Å². The Morgan fingerprint density at radius 2 is 1.83 bits per heavy atom. The summed E-state index contributed by atoms with van der Waals surface area (Å²) < 4.78 is 19.6. The van der Waals surface area contributed by atoms with Crippen LogP contribution in [0.2, 0.25) is 0 Å². The van der Waals surface area contributed by atoms with Gasteiger partial charge in [-0.2, -0.15) is 5.10 Å². The number of amides is 1. The molecule has 23 heavy (non-hydrogen) atoms. The highest BCUT2D eigenvalue weighted by Crippen LogP contribution is 2.14. The van der Waals surface area contributed by atoms with Gasteiger partial charge < -0.3 is 10.1 Å². The minimum atomic E-state index is -0.997. The Hall–Kier alpha value is -2.70. The average molecular weight is 319 g/mol. The molecule has 1 amide bonds. The normalized spacial score (nSPS) is 12.0. The molecule has 0 unspecified atom stereocenters. The zero-order valence-corrected chi connectivity index (χ0v) is 13.1. The molecule has 0 radical (unpaired) electrons. The van der Waals surface area contributed by atoms with Crippen molar-refractivity contribution in [2.75, 3.05) is 5.32 Å². The molecule has 122 valence electrons. The zero-order valence-electron chi connectivity index (χ0n) is 13.1. The highest BCUT2D eigenvalue weighted by molar-refractivity contribution is 5.96. The SMILES string of the molecule is CC(C)n1nccc1NC(=O)[C@@H](C)OC(=O)c1ccc(F)cc1. The maximum atomic E-state index is 12.8. The van der Waals surface area contributed by atoms with Crippen LogP contribution in [0.25, 0.3) is 0 Å². The number of hydrogen-bond acceptors (Lipinski definition) is 4. The molecule has 0 aliphatic carbocycles. The molecule has 7 heteroatoms. The van der Waals surface area contributed by atoms with Crippen molar-refractivity contribution >= 4 is 17.7 Å². The highest BCUT2D eigenvalue weighted by Gasteiger charge is 2.20. The Balaban J connectivity index is 1.98. The van der Waals surface area contributed by atoms with E-state index in [9.17, 15) is 14.0 Å². The van der Waals surface area contributed by atoms with Crippen LogP contribution in [0.3, 0.4) is 0 Å². The first kappa shape index (κ1) is 16.7. The molecule has 0 fully saturated rings. The number of halogens is 1. The van der Waals surface area contributed by atoms with Crippen molar-refractivity contribution in [3.05, 3.63) is 47.9 Å². The van der Waals surface area contributed by atoms with Crippen molar-refractivity contribution < 1.29 is 18.7 Å². The molecule has 1 heterocycles. The first-order valence-corrected chi connectivity index (χ1v) is 7.19. The Morgan fingerprint density at radius 3 is 2.43 bits per heavy atom. The van der Waals surface area contributed by atoms with Crippen LogP contribution in [0.5, 0.6) is 0 Å². The van der Waals surface area contributed by atoms with E-state index in [2.05, 4.69) is 10.4 Å². The summed E-state index contributed by atoms with van der Waals surface area (Å²) in [7, 11) is 0. The highest BCUT2D eigenvalue weighted by atomic mass is 19.1. The maximum absolute atomic E-state index is 12.8. The molecule has 1 aromatic carbocycles. The van der Waals surface area contributed by atoms with Crippen LogP contribution in [0, 0.1) is 5.82 Å². The standard InChI is InChI=1S/C16H18FN3O3/c1-10(2)20-14(8-9-18-20)19-15(21)11(3)23-16(22)12-4-6-13(17)7-5-12/h4-11H,1-3H3,(H,19,21)/t11-/m1/s1. The van der Waals surface area contributed by atoms with Gasteiger partial charge in [0, 0.05) is 12.1 Å². The van der Waals surface area contributed by atoms with Crippen LogP contribution < -0.4 is 5.32 Å². The lowest BCUT2D eigenvalue weighted by Gasteiger charge is -2.15. The molecule has 0 spiro atoms. The molecule has 2 aromatic rings. The second kappa shape index (κ2) is 7.04. The van der Waals surface area contributed by atoms with Gasteiger partial charge in [0.15, 0.2) is 6.10 Å². The van der Waals surface area contributed by atoms with Crippen molar-refractivity contribution in [2.45, 2.75) is 32.9 Å². The number of carbonyl (C=O) groups is 2. The van der Waals surface area contributed by atoms with Crippen LogP contribution in [-0.2, 0) is 9.53 Å². The van der Waals surface area contributed by atoms with E-state index in [1.807, 2.05) is 13.8 Å². The molecule has 2 rings (SSSR count). The smallest absolute Gasteiger partial charge is 0.338 e. The molecule has 0 bridgehead atoms. The summed E-state index contributed by atoms with van der Waals surface area (Å²) in [5.74, 6) is -1.09. The summed E-state index contributed by atoms with van der Waals surface area (Å²) in [6.07, 6.45) is 0.577. The predicted molar refractivity (Wildman–Crippen MR) is 82.5 cm³/mol. The van der Waals surface area contributed by atoms with Crippen LogP contribution in [0.4, 0.5) is 10.2 Å². The molecule has 1 aromatic heterocycles. The summed E-state index contributed by atoms with van der Waals surface area (Å²) >= 11 is 0. The molecule has 0 aliphatic heterocycles. The summed E-state index contributed by atoms with van der Waals surface area (Å²) in [5, 5.41) is 6.77. The molecular formula is C16H18FN3O3. The molecule has 0 saturated heterocycles. The number of rotatable bonds is 5. The number of ether oxygens (including phenoxy) is 1. The van der Waals surface area contributed by atoms with Crippen molar-refractivity contribution in [1.29, 1.82) is 0 Å². The van der Waals surface area contributed by atoms with Crippen molar-refractivity contribution in [3.8, 4) is 0 Å². The van der Waals surface area contributed by atoms with Crippen molar-refractivity contribution in [3.63, 3.8) is 0 Å². The van der Waals surface area contributed by atoms with Crippen LogP contribution in [0.15, 0.2) is 36.5 Å². The van der Waals surface area contributed by atoms with Gasteiger partial charge in [-0.15, -0.1) is 0 Å². The van der Waals surface area contributed by atoms with Gasteiger partial charge in [-0.3, -0.25) is 4.79 Å². The molecule has 0 saturated carbocycles.